The van der Waals surface area contributed by atoms with Crippen molar-refractivity contribution in [2.24, 2.45) is 0 Å². The number of rotatable bonds is 4. The van der Waals surface area contributed by atoms with Crippen LogP contribution < -0.4 is 16.0 Å². The molecule has 0 radical (unpaired) electrons. The SMILES string of the molecule is CCNc1ncc(F)c(Nc2n[nH]c3c2CN(C(=O)N2C[C@H](C)NC[C@@H]2C)C3(C)C)n1. The molecule has 0 aromatic carbocycles. The van der Waals surface area contributed by atoms with Gasteiger partial charge in [0, 0.05) is 37.3 Å². The first-order valence-corrected chi connectivity index (χ1v) is 10.6. The van der Waals surface area contributed by atoms with Gasteiger partial charge in [-0.1, -0.05) is 0 Å². The fourth-order valence-electron chi connectivity index (χ4n) is 4.18. The number of nitrogens with one attached hydrogen (secondary N) is 4. The molecule has 2 atom stereocenters. The van der Waals surface area contributed by atoms with Crippen molar-refractivity contribution in [1.29, 1.82) is 0 Å². The van der Waals surface area contributed by atoms with E-state index < -0.39 is 11.4 Å². The van der Waals surface area contributed by atoms with Crippen LogP contribution in [0.2, 0.25) is 0 Å². The first kappa shape index (κ1) is 21.3. The van der Waals surface area contributed by atoms with E-state index in [4.69, 9.17) is 0 Å². The molecule has 0 spiro atoms. The Morgan fingerprint density at radius 1 is 1.35 bits per heavy atom. The lowest BCUT2D eigenvalue weighted by Crippen LogP contribution is -2.60. The van der Waals surface area contributed by atoms with E-state index in [9.17, 15) is 9.18 Å². The molecule has 4 heterocycles. The predicted molar refractivity (Wildman–Crippen MR) is 116 cm³/mol. The van der Waals surface area contributed by atoms with Crippen LogP contribution in [-0.4, -0.2) is 67.7 Å². The maximum absolute atomic E-state index is 14.3. The maximum atomic E-state index is 14.3. The van der Waals surface area contributed by atoms with Crippen molar-refractivity contribution in [3.05, 3.63) is 23.3 Å². The van der Waals surface area contributed by atoms with E-state index in [2.05, 4.69) is 43.0 Å². The number of fused-ring (bicyclic) bond motifs is 1. The van der Waals surface area contributed by atoms with E-state index in [-0.39, 0.29) is 23.9 Å². The number of urea groups is 1. The monoisotopic (exact) mass is 431 g/mol. The van der Waals surface area contributed by atoms with Crippen LogP contribution in [0.25, 0.3) is 0 Å². The molecule has 10 nitrogen and oxygen atoms in total. The Kier molecular flexibility index (Phi) is 5.46. The van der Waals surface area contributed by atoms with Gasteiger partial charge in [0.25, 0.3) is 0 Å². The van der Waals surface area contributed by atoms with Gasteiger partial charge in [-0.15, -0.1) is 0 Å². The van der Waals surface area contributed by atoms with Crippen LogP contribution >= 0.6 is 0 Å². The van der Waals surface area contributed by atoms with E-state index in [1.54, 1.807) is 0 Å². The summed E-state index contributed by atoms with van der Waals surface area (Å²) < 4.78 is 14.3. The molecule has 2 aliphatic rings. The number of halogens is 1. The summed E-state index contributed by atoms with van der Waals surface area (Å²) in [5, 5.41) is 16.7. The van der Waals surface area contributed by atoms with Gasteiger partial charge in [-0.05, 0) is 34.6 Å². The van der Waals surface area contributed by atoms with Crippen LogP contribution in [0, 0.1) is 5.82 Å². The minimum atomic E-state index is -0.577. The average Bonchev–Trinajstić information content (AvgIpc) is 3.24. The summed E-state index contributed by atoms with van der Waals surface area (Å²) in [7, 11) is 0. The lowest BCUT2D eigenvalue weighted by atomic mass is 10.0. The normalized spacial score (nSPS) is 22.4. The number of carbonyl (C=O) groups is 1. The number of nitrogens with zero attached hydrogens (tertiary/aromatic N) is 5. The first-order valence-electron chi connectivity index (χ1n) is 10.6. The van der Waals surface area contributed by atoms with Crippen molar-refractivity contribution in [3.63, 3.8) is 0 Å². The molecule has 0 unspecified atom stereocenters. The summed E-state index contributed by atoms with van der Waals surface area (Å²) in [6.07, 6.45) is 1.12. The quantitative estimate of drug-likeness (QED) is 0.588. The molecular weight excluding hydrogens is 401 g/mol. The topological polar surface area (TPSA) is 114 Å². The third-order valence-electron chi connectivity index (χ3n) is 6.03. The third kappa shape index (κ3) is 3.78. The minimum absolute atomic E-state index is 0.0101. The minimum Gasteiger partial charge on any atom is -0.354 e. The van der Waals surface area contributed by atoms with Crippen LogP contribution in [0.15, 0.2) is 6.20 Å². The zero-order valence-electron chi connectivity index (χ0n) is 18.6. The molecule has 168 valence electrons. The summed E-state index contributed by atoms with van der Waals surface area (Å²) in [5.41, 5.74) is 1.09. The van der Waals surface area contributed by atoms with Crippen molar-refractivity contribution in [3.8, 4) is 0 Å². The van der Waals surface area contributed by atoms with Gasteiger partial charge in [0.05, 0.1) is 24.0 Å². The number of aromatic nitrogens is 4. The summed E-state index contributed by atoms with van der Waals surface area (Å²) in [6, 6.07) is 0.340. The average molecular weight is 432 g/mol. The Balaban J connectivity index is 1.59. The first-order chi connectivity index (χ1) is 14.7. The Labute approximate surface area is 181 Å². The van der Waals surface area contributed by atoms with E-state index in [0.29, 0.717) is 31.4 Å². The van der Waals surface area contributed by atoms with Crippen molar-refractivity contribution >= 4 is 23.6 Å². The van der Waals surface area contributed by atoms with Crippen molar-refractivity contribution < 1.29 is 9.18 Å². The number of amides is 2. The number of aromatic amines is 1. The van der Waals surface area contributed by atoms with Gasteiger partial charge in [0.1, 0.15) is 0 Å². The van der Waals surface area contributed by atoms with Gasteiger partial charge >= 0.3 is 6.03 Å². The lowest BCUT2D eigenvalue weighted by molar-refractivity contribution is 0.0808. The highest BCUT2D eigenvalue weighted by atomic mass is 19.1. The molecule has 0 saturated carbocycles. The van der Waals surface area contributed by atoms with Crippen molar-refractivity contribution in [1.82, 2.24) is 35.3 Å². The van der Waals surface area contributed by atoms with E-state index >= 15 is 0 Å². The third-order valence-corrected chi connectivity index (χ3v) is 6.03. The van der Waals surface area contributed by atoms with Gasteiger partial charge in [-0.25, -0.2) is 14.2 Å². The van der Waals surface area contributed by atoms with Gasteiger partial charge in [0.2, 0.25) is 5.95 Å². The van der Waals surface area contributed by atoms with Gasteiger partial charge in [-0.3, -0.25) is 5.10 Å². The summed E-state index contributed by atoms with van der Waals surface area (Å²) >= 11 is 0. The number of H-pyrrole nitrogens is 1. The number of hydrogen-bond donors (Lipinski definition) is 4. The highest BCUT2D eigenvalue weighted by molar-refractivity contribution is 5.78. The van der Waals surface area contributed by atoms with E-state index in [1.807, 2.05) is 37.5 Å². The number of piperazine rings is 1. The van der Waals surface area contributed by atoms with Gasteiger partial charge in [0.15, 0.2) is 17.5 Å². The van der Waals surface area contributed by atoms with Gasteiger partial charge in [-0.2, -0.15) is 10.1 Å². The standard InChI is InChI=1S/C20H30FN9O/c1-6-22-18-24-8-14(21)17(26-18)25-16-13-10-30(20(4,5)15(13)27-28-16)19(31)29-9-11(2)23-7-12(29)3/h8,11-12,23H,6-7,9-10H2,1-5H3,(H3,22,24,25,26,27,28)/t11-,12-/m0/s1. The molecule has 4 rings (SSSR count). The molecule has 2 aliphatic heterocycles. The molecule has 31 heavy (non-hydrogen) atoms. The molecule has 0 bridgehead atoms. The summed E-state index contributed by atoms with van der Waals surface area (Å²) in [5.74, 6) is 0.247. The van der Waals surface area contributed by atoms with Crippen molar-refractivity contribution in [2.45, 2.75) is 58.8 Å². The molecule has 4 N–H and O–H groups in total. The van der Waals surface area contributed by atoms with Crippen LogP contribution in [0.3, 0.4) is 0 Å². The molecule has 1 saturated heterocycles. The lowest BCUT2D eigenvalue weighted by Gasteiger charge is -2.42. The zero-order valence-corrected chi connectivity index (χ0v) is 18.6. The second kappa shape index (κ2) is 7.95. The van der Waals surface area contributed by atoms with Crippen LogP contribution in [-0.2, 0) is 12.1 Å². The number of carbonyl (C=O) groups excluding carboxylic acids is 1. The molecule has 2 aromatic heterocycles. The highest BCUT2D eigenvalue weighted by Crippen LogP contribution is 2.42. The molecule has 11 heteroatoms. The largest absolute Gasteiger partial charge is 0.354 e. The predicted octanol–water partition coefficient (Wildman–Crippen LogP) is 2.37. The molecule has 0 aliphatic carbocycles. The molecular formula is C20H30FN9O. The zero-order chi connectivity index (χ0) is 22.3. The second-order valence-electron chi connectivity index (χ2n) is 8.71. The summed E-state index contributed by atoms with van der Waals surface area (Å²) in [6.45, 7) is 12.4. The van der Waals surface area contributed by atoms with Crippen LogP contribution in [0.4, 0.5) is 26.8 Å². The van der Waals surface area contributed by atoms with E-state index in [1.165, 1.54) is 0 Å². The fourth-order valence-corrected chi connectivity index (χ4v) is 4.18. The van der Waals surface area contributed by atoms with Gasteiger partial charge < -0.3 is 25.8 Å². The highest BCUT2D eigenvalue weighted by Gasteiger charge is 2.46. The fraction of sp³-hybridized carbons (Fsp3) is 0.600. The van der Waals surface area contributed by atoms with Crippen LogP contribution in [0.1, 0.15) is 45.9 Å². The Morgan fingerprint density at radius 3 is 2.87 bits per heavy atom. The Morgan fingerprint density at radius 2 is 2.13 bits per heavy atom. The number of hydrogen-bond acceptors (Lipinski definition) is 7. The molecule has 2 aromatic rings. The molecule has 1 fully saturated rings. The second-order valence-corrected chi connectivity index (χ2v) is 8.71. The smallest absolute Gasteiger partial charge is 0.321 e. The summed E-state index contributed by atoms with van der Waals surface area (Å²) in [4.78, 5) is 25.3. The Bertz CT molecular complexity index is 976. The maximum Gasteiger partial charge on any atom is 0.321 e. The molecule has 2 amide bonds. The van der Waals surface area contributed by atoms with E-state index in [0.717, 1.165) is 24.0 Å². The Hall–Kier alpha value is -2.95. The van der Waals surface area contributed by atoms with Crippen LogP contribution in [0.5, 0.6) is 0 Å². The number of anilines is 3. The van der Waals surface area contributed by atoms with Crippen molar-refractivity contribution in [2.75, 3.05) is 30.3 Å².